The summed E-state index contributed by atoms with van der Waals surface area (Å²) in [5, 5.41) is 8.93. The number of hydrogen-bond acceptors (Lipinski definition) is 4. The third kappa shape index (κ3) is 2.37. The van der Waals surface area contributed by atoms with Crippen molar-refractivity contribution in [3.05, 3.63) is 48.0 Å². The molecule has 0 aliphatic heterocycles. The molecular formula is C15H13FN4O2. The Hall–Kier alpha value is -2.96. The van der Waals surface area contributed by atoms with Crippen LogP contribution in [-0.4, -0.2) is 25.7 Å². The summed E-state index contributed by atoms with van der Waals surface area (Å²) < 4.78 is 14.5. The van der Waals surface area contributed by atoms with E-state index in [9.17, 15) is 9.18 Å². The van der Waals surface area contributed by atoms with Crippen LogP contribution in [0.1, 0.15) is 12.0 Å². The van der Waals surface area contributed by atoms with E-state index in [-0.39, 0.29) is 18.7 Å². The zero-order valence-corrected chi connectivity index (χ0v) is 11.5. The smallest absolute Gasteiger partial charge is 0.303 e. The van der Waals surface area contributed by atoms with Crippen molar-refractivity contribution in [2.75, 3.05) is 5.84 Å². The number of benzene rings is 1. The molecule has 3 aromatic rings. The highest BCUT2D eigenvalue weighted by molar-refractivity contribution is 5.87. The molecule has 0 unspecified atom stereocenters. The number of nitrogen functional groups attached to an aromatic ring is 1. The summed E-state index contributed by atoms with van der Waals surface area (Å²) >= 11 is 0. The molecule has 7 heteroatoms. The molecule has 3 rings (SSSR count). The Morgan fingerprint density at radius 2 is 1.91 bits per heavy atom. The van der Waals surface area contributed by atoms with Crippen LogP contribution in [0.25, 0.3) is 22.4 Å². The molecule has 0 radical (unpaired) electrons. The SMILES string of the molecule is Nn1c(-c2ccc(F)cc2)c(CCC(=O)O)c2nccnc21. The Labute approximate surface area is 125 Å². The van der Waals surface area contributed by atoms with E-state index < -0.39 is 5.97 Å². The number of rotatable bonds is 4. The van der Waals surface area contributed by atoms with Crippen LogP contribution in [-0.2, 0) is 11.2 Å². The molecule has 0 fully saturated rings. The van der Waals surface area contributed by atoms with Crippen LogP contribution in [0, 0.1) is 5.82 Å². The van der Waals surface area contributed by atoms with Crippen molar-refractivity contribution in [1.29, 1.82) is 0 Å². The van der Waals surface area contributed by atoms with Crippen molar-refractivity contribution < 1.29 is 14.3 Å². The molecule has 0 spiro atoms. The van der Waals surface area contributed by atoms with Crippen molar-refractivity contribution in [2.24, 2.45) is 0 Å². The number of carboxylic acids is 1. The maximum atomic E-state index is 13.1. The summed E-state index contributed by atoms with van der Waals surface area (Å²) in [7, 11) is 0. The Kier molecular flexibility index (Phi) is 3.46. The van der Waals surface area contributed by atoms with Crippen LogP contribution >= 0.6 is 0 Å². The molecule has 0 saturated heterocycles. The minimum atomic E-state index is -0.910. The molecule has 0 atom stereocenters. The Bertz CT molecular complexity index is 843. The van der Waals surface area contributed by atoms with Crippen molar-refractivity contribution in [2.45, 2.75) is 12.8 Å². The second-order valence-corrected chi connectivity index (χ2v) is 4.83. The monoisotopic (exact) mass is 300 g/mol. The van der Waals surface area contributed by atoms with Gasteiger partial charge < -0.3 is 10.9 Å². The van der Waals surface area contributed by atoms with Crippen LogP contribution in [0.5, 0.6) is 0 Å². The molecule has 112 valence electrons. The van der Waals surface area contributed by atoms with Gasteiger partial charge in [-0.05, 0) is 30.7 Å². The van der Waals surface area contributed by atoms with Gasteiger partial charge in [-0.2, -0.15) is 0 Å². The van der Waals surface area contributed by atoms with Gasteiger partial charge >= 0.3 is 5.97 Å². The van der Waals surface area contributed by atoms with Crippen LogP contribution < -0.4 is 5.84 Å². The number of nitrogens with zero attached hydrogens (tertiary/aromatic N) is 3. The molecule has 0 amide bonds. The quantitative estimate of drug-likeness (QED) is 0.718. The van der Waals surface area contributed by atoms with Crippen molar-refractivity contribution in [3.8, 4) is 11.3 Å². The fourth-order valence-corrected chi connectivity index (χ4v) is 2.47. The number of halogens is 1. The molecular weight excluding hydrogens is 287 g/mol. The fourth-order valence-electron chi connectivity index (χ4n) is 2.47. The first-order valence-corrected chi connectivity index (χ1v) is 6.65. The fraction of sp³-hybridized carbons (Fsp3) is 0.133. The first kappa shape index (κ1) is 14.0. The highest BCUT2D eigenvalue weighted by Crippen LogP contribution is 2.31. The predicted molar refractivity (Wildman–Crippen MR) is 79.0 cm³/mol. The molecule has 1 aromatic carbocycles. The highest BCUT2D eigenvalue weighted by atomic mass is 19.1. The zero-order chi connectivity index (χ0) is 15.7. The van der Waals surface area contributed by atoms with Gasteiger partial charge in [-0.15, -0.1) is 0 Å². The number of fused-ring (bicyclic) bond motifs is 1. The second-order valence-electron chi connectivity index (χ2n) is 4.83. The summed E-state index contributed by atoms with van der Waals surface area (Å²) in [4.78, 5) is 19.3. The van der Waals surface area contributed by atoms with Crippen molar-refractivity contribution >= 4 is 17.1 Å². The first-order chi connectivity index (χ1) is 10.6. The number of carboxylic acid groups (broad SMARTS) is 1. The minimum Gasteiger partial charge on any atom is -0.481 e. The van der Waals surface area contributed by atoms with Gasteiger partial charge in [0.05, 0.1) is 5.69 Å². The lowest BCUT2D eigenvalue weighted by molar-refractivity contribution is -0.136. The molecule has 0 saturated carbocycles. The van der Waals surface area contributed by atoms with Crippen LogP contribution in [0.2, 0.25) is 0 Å². The van der Waals surface area contributed by atoms with Crippen molar-refractivity contribution in [1.82, 2.24) is 14.6 Å². The van der Waals surface area contributed by atoms with Gasteiger partial charge in [-0.1, -0.05) is 0 Å². The van der Waals surface area contributed by atoms with E-state index in [0.717, 1.165) is 0 Å². The zero-order valence-electron chi connectivity index (χ0n) is 11.5. The maximum Gasteiger partial charge on any atom is 0.303 e. The molecule has 3 N–H and O–H groups in total. The number of aromatic nitrogens is 3. The minimum absolute atomic E-state index is 0.0517. The largest absolute Gasteiger partial charge is 0.481 e. The van der Waals surface area contributed by atoms with Gasteiger partial charge in [-0.3, -0.25) is 9.78 Å². The van der Waals surface area contributed by atoms with E-state index >= 15 is 0 Å². The average Bonchev–Trinajstić information content (AvgIpc) is 2.79. The van der Waals surface area contributed by atoms with E-state index in [0.29, 0.717) is 28.0 Å². The normalized spacial score (nSPS) is 11.0. The van der Waals surface area contributed by atoms with E-state index in [1.165, 1.54) is 29.2 Å². The van der Waals surface area contributed by atoms with E-state index in [2.05, 4.69) is 9.97 Å². The summed E-state index contributed by atoms with van der Waals surface area (Å²) in [6, 6.07) is 5.85. The standard InChI is InChI=1S/C15H13FN4O2/c16-10-3-1-9(2-4-10)14-11(5-6-12(21)22)13-15(20(14)17)19-8-7-18-13/h1-4,7-8H,5-6,17H2,(H,21,22). The van der Waals surface area contributed by atoms with Gasteiger partial charge in [0.25, 0.3) is 0 Å². The van der Waals surface area contributed by atoms with Gasteiger partial charge in [-0.25, -0.2) is 14.1 Å². The highest BCUT2D eigenvalue weighted by Gasteiger charge is 2.19. The number of nitrogens with two attached hydrogens (primary N) is 1. The number of aliphatic carboxylic acids is 1. The third-order valence-corrected chi connectivity index (χ3v) is 3.43. The molecule has 0 aliphatic carbocycles. The van der Waals surface area contributed by atoms with Gasteiger partial charge in [0, 0.05) is 29.9 Å². The molecule has 0 bridgehead atoms. The molecule has 2 aromatic heterocycles. The van der Waals surface area contributed by atoms with E-state index in [4.69, 9.17) is 10.9 Å². The van der Waals surface area contributed by atoms with Crippen LogP contribution in [0.3, 0.4) is 0 Å². The first-order valence-electron chi connectivity index (χ1n) is 6.65. The van der Waals surface area contributed by atoms with Gasteiger partial charge in [0.1, 0.15) is 11.3 Å². The second kappa shape index (κ2) is 5.44. The number of carbonyl (C=O) groups is 1. The Balaban J connectivity index is 2.22. The Morgan fingerprint density at radius 1 is 1.23 bits per heavy atom. The average molecular weight is 300 g/mol. The molecule has 6 nitrogen and oxygen atoms in total. The van der Waals surface area contributed by atoms with Gasteiger partial charge in [0.15, 0.2) is 5.65 Å². The van der Waals surface area contributed by atoms with E-state index in [1.54, 1.807) is 12.1 Å². The van der Waals surface area contributed by atoms with E-state index in [1.807, 2.05) is 0 Å². The lowest BCUT2D eigenvalue weighted by Crippen LogP contribution is -2.11. The lowest BCUT2D eigenvalue weighted by atomic mass is 10.0. The van der Waals surface area contributed by atoms with Crippen LogP contribution in [0.4, 0.5) is 4.39 Å². The number of aryl methyl sites for hydroxylation is 1. The molecule has 0 aliphatic rings. The third-order valence-electron chi connectivity index (χ3n) is 3.43. The summed E-state index contributed by atoms with van der Waals surface area (Å²) in [5.74, 6) is 4.82. The Morgan fingerprint density at radius 3 is 2.59 bits per heavy atom. The topological polar surface area (TPSA) is 94.0 Å². The summed E-state index contributed by atoms with van der Waals surface area (Å²) in [6.07, 6.45) is 3.26. The predicted octanol–water partition coefficient (Wildman–Crippen LogP) is 1.97. The molecule has 2 heterocycles. The lowest BCUT2D eigenvalue weighted by Gasteiger charge is -2.07. The van der Waals surface area contributed by atoms with Crippen LogP contribution in [0.15, 0.2) is 36.7 Å². The summed E-state index contributed by atoms with van der Waals surface area (Å²) in [5.41, 5.74) is 3.00. The van der Waals surface area contributed by atoms with Crippen molar-refractivity contribution in [3.63, 3.8) is 0 Å². The van der Waals surface area contributed by atoms with Gasteiger partial charge in [0.2, 0.25) is 0 Å². The number of hydrogen-bond donors (Lipinski definition) is 2. The molecule has 22 heavy (non-hydrogen) atoms. The maximum absolute atomic E-state index is 13.1. The summed E-state index contributed by atoms with van der Waals surface area (Å²) in [6.45, 7) is 0.